The molecule has 0 unspecified atom stereocenters. The largest absolute Gasteiger partial charge is 0.467 e. The highest BCUT2D eigenvalue weighted by atomic mass is 16.5. The first-order valence-electron chi connectivity index (χ1n) is 6.27. The number of hydrazine groups is 1. The Balaban J connectivity index is 1.96. The van der Waals surface area contributed by atoms with E-state index in [0.717, 1.165) is 6.42 Å². The number of methoxy groups -OCH3 is 1. The number of nitrogens with one attached hydrogen (secondary N) is 2. The van der Waals surface area contributed by atoms with E-state index in [9.17, 15) is 0 Å². The number of rotatable bonds is 6. The molecule has 0 atom stereocenters. The van der Waals surface area contributed by atoms with Crippen molar-refractivity contribution >= 4 is 11.9 Å². The first-order valence-corrected chi connectivity index (χ1v) is 6.27. The van der Waals surface area contributed by atoms with Crippen LogP contribution in [0.3, 0.4) is 0 Å². The molecule has 0 aliphatic carbocycles. The van der Waals surface area contributed by atoms with Crippen LogP contribution in [0.2, 0.25) is 0 Å². The van der Waals surface area contributed by atoms with Gasteiger partial charge in [0.05, 0.1) is 7.11 Å². The maximum absolute atomic E-state index is 5.29. The number of hydrogen-bond acceptors (Lipinski definition) is 7. The summed E-state index contributed by atoms with van der Waals surface area (Å²) < 4.78 is 4.98. The molecule has 2 rings (SSSR count). The molecule has 0 amide bonds. The molecule has 0 radical (unpaired) electrons. The highest BCUT2D eigenvalue weighted by Gasteiger charge is 2.05. The van der Waals surface area contributed by atoms with Crippen LogP contribution in [-0.4, -0.2) is 28.6 Å². The Kier molecular flexibility index (Phi) is 4.67. The summed E-state index contributed by atoms with van der Waals surface area (Å²) in [7, 11) is 1.49. The van der Waals surface area contributed by atoms with Gasteiger partial charge in [0.15, 0.2) is 0 Å². The molecule has 0 spiro atoms. The van der Waals surface area contributed by atoms with Gasteiger partial charge in [0, 0.05) is 6.54 Å². The van der Waals surface area contributed by atoms with Crippen molar-refractivity contribution < 1.29 is 4.74 Å². The maximum Gasteiger partial charge on any atom is 0.322 e. The number of aryl methyl sites for hydroxylation is 1. The SMILES string of the molecule is COc1nc(NN)nc(NCCc2cccc(C)c2)n1. The van der Waals surface area contributed by atoms with Crippen LogP contribution < -0.4 is 21.3 Å². The van der Waals surface area contributed by atoms with Gasteiger partial charge in [-0.3, -0.25) is 5.43 Å². The lowest BCUT2D eigenvalue weighted by Gasteiger charge is -2.08. The minimum atomic E-state index is 0.214. The van der Waals surface area contributed by atoms with Crippen molar-refractivity contribution in [1.82, 2.24) is 15.0 Å². The minimum Gasteiger partial charge on any atom is -0.467 e. The number of nitrogens with two attached hydrogens (primary N) is 1. The van der Waals surface area contributed by atoms with Gasteiger partial charge in [0.25, 0.3) is 0 Å². The van der Waals surface area contributed by atoms with Crippen molar-refractivity contribution in [3.8, 4) is 6.01 Å². The standard InChI is InChI=1S/C13H18N6O/c1-9-4-3-5-10(8-9)6-7-15-11-16-12(19-14)18-13(17-11)20-2/h3-5,8H,6-7,14H2,1-2H3,(H2,15,16,17,18,19). The van der Waals surface area contributed by atoms with Crippen LogP contribution in [0.1, 0.15) is 11.1 Å². The number of nitrogen functional groups attached to an aromatic ring is 1. The molecular formula is C13H18N6O. The van der Waals surface area contributed by atoms with Crippen molar-refractivity contribution in [1.29, 1.82) is 0 Å². The van der Waals surface area contributed by atoms with Crippen molar-refractivity contribution in [2.45, 2.75) is 13.3 Å². The normalized spacial score (nSPS) is 10.2. The Morgan fingerprint density at radius 2 is 2.00 bits per heavy atom. The molecule has 0 aliphatic rings. The van der Waals surface area contributed by atoms with Crippen LogP contribution in [0.4, 0.5) is 11.9 Å². The van der Waals surface area contributed by atoms with Crippen molar-refractivity contribution in [2.24, 2.45) is 5.84 Å². The summed E-state index contributed by atoms with van der Waals surface area (Å²) in [6.07, 6.45) is 0.876. The summed E-state index contributed by atoms with van der Waals surface area (Å²) in [5, 5.41) is 3.12. The fourth-order valence-electron chi connectivity index (χ4n) is 1.78. The zero-order valence-electron chi connectivity index (χ0n) is 11.6. The summed E-state index contributed by atoms with van der Waals surface area (Å²) in [4.78, 5) is 12.1. The fraction of sp³-hybridized carbons (Fsp3) is 0.308. The van der Waals surface area contributed by atoms with Gasteiger partial charge in [-0.1, -0.05) is 29.8 Å². The van der Waals surface area contributed by atoms with Gasteiger partial charge in [0.1, 0.15) is 0 Å². The summed E-state index contributed by atoms with van der Waals surface area (Å²) in [5.74, 6) is 5.98. The molecule has 20 heavy (non-hydrogen) atoms. The number of nitrogens with zero attached hydrogens (tertiary/aromatic N) is 3. The molecular weight excluding hydrogens is 256 g/mol. The van der Waals surface area contributed by atoms with Gasteiger partial charge in [-0.15, -0.1) is 0 Å². The van der Waals surface area contributed by atoms with E-state index in [1.165, 1.54) is 18.2 Å². The molecule has 7 heteroatoms. The van der Waals surface area contributed by atoms with E-state index in [1.54, 1.807) is 0 Å². The zero-order chi connectivity index (χ0) is 14.4. The molecule has 2 aromatic rings. The molecule has 1 heterocycles. The second-order valence-electron chi connectivity index (χ2n) is 4.28. The quantitative estimate of drug-likeness (QED) is 0.536. The van der Waals surface area contributed by atoms with Crippen LogP contribution in [0.15, 0.2) is 24.3 Å². The summed E-state index contributed by atoms with van der Waals surface area (Å²) in [5.41, 5.74) is 4.88. The van der Waals surface area contributed by atoms with Gasteiger partial charge in [-0.2, -0.15) is 15.0 Å². The number of anilines is 2. The van der Waals surface area contributed by atoms with E-state index < -0.39 is 0 Å². The number of benzene rings is 1. The van der Waals surface area contributed by atoms with Gasteiger partial charge in [-0.25, -0.2) is 5.84 Å². The molecule has 0 fully saturated rings. The molecule has 0 aliphatic heterocycles. The average Bonchev–Trinajstić information content (AvgIpc) is 2.47. The monoisotopic (exact) mass is 274 g/mol. The average molecular weight is 274 g/mol. The summed E-state index contributed by atoms with van der Waals surface area (Å²) in [6, 6.07) is 8.59. The molecule has 0 saturated heterocycles. The van der Waals surface area contributed by atoms with Gasteiger partial charge in [-0.05, 0) is 18.9 Å². The predicted octanol–water partition coefficient (Wildman–Crippen LogP) is 1.13. The number of aromatic nitrogens is 3. The van der Waals surface area contributed by atoms with Crippen molar-refractivity contribution in [3.63, 3.8) is 0 Å². The Bertz CT molecular complexity index is 552. The molecule has 0 saturated carbocycles. The third-order valence-electron chi connectivity index (χ3n) is 2.71. The zero-order valence-corrected chi connectivity index (χ0v) is 11.6. The number of hydrogen-bond donors (Lipinski definition) is 3. The fourth-order valence-corrected chi connectivity index (χ4v) is 1.78. The smallest absolute Gasteiger partial charge is 0.322 e. The first-order chi connectivity index (χ1) is 9.71. The Morgan fingerprint density at radius 1 is 1.20 bits per heavy atom. The van der Waals surface area contributed by atoms with Crippen LogP contribution >= 0.6 is 0 Å². The number of ether oxygens (including phenoxy) is 1. The Labute approximate surface area is 117 Å². The summed E-state index contributed by atoms with van der Waals surface area (Å²) >= 11 is 0. The van der Waals surface area contributed by atoms with Crippen LogP contribution in [0.5, 0.6) is 6.01 Å². The predicted molar refractivity (Wildman–Crippen MR) is 77.6 cm³/mol. The van der Waals surface area contributed by atoms with E-state index in [2.05, 4.69) is 50.8 Å². The Hall–Kier alpha value is -2.41. The molecule has 4 N–H and O–H groups in total. The van der Waals surface area contributed by atoms with Crippen molar-refractivity contribution in [2.75, 3.05) is 24.4 Å². The highest BCUT2D eigenvalue weighted by Crippen LogP contribution is 2.10. The topological polar surface area (TPSA) is 98.0 Å². The van der Waals surface area contributed by atoms with E-state index in [1.807, 2.05) is 6.07 Å². The third-order valence-corrected chi connectivity index (χ3v) is 2.71. The van der Waals surface area contributed by atoms with Crippen LogP contribution in [0.25, 0.3) is 0 Å². The maximum atomic E-state index is 5.29. The lowest BCUT2D eigenvalue weighted by molar-refractivity contribution is 0.379. The summed E-state index contributed by atoms with van der Waals surface area (Å²) in [6.45, 7) is 2.79. The van der Waals surface area contributed by atoms with Gasteiger partial charge >= 0.3 is 6.01 Å². The molecule has 106 valence electrons. The van der Waals surface area contributed by atoms with Crippen LogP contribution in [-0.2, 0) is 6.42 Å². The lowest BCUT2D eigenvalue weighted by atomic mass is 10.1. The van der Waals surface area contributed by atoms with Gasteiger partial charge < -0.3 is 10.1 Å². The molecule has 1 aromatic heterocycles. The van der Waals surface area contributed by atoms with E-state index in [0.29, 0.717) is 12.5 Å². The third kappa shape index (κ3) is 3.79. The second-order valence-corrected chi connectivity index (χ2v) is 4.28. The minimum absolute atomic E-state index is 0.214. The van der Waals surface area contributed by atoms with Crippen LogP contribution in [0, 0.1) is 6.92 Å². The van der Waals surface area contributed by atoms with E-state index in [4.69, 9.17) is 10.6 Å². The molecule has 7 nitrogen and oxygen atoms in total. The second kappa shape index (κ2) is 6.67. The van der Waals surface area contributed by atoms with E-state index >= 15 is 0 Å². The lowest BCUT2D eigenvalue weighted by Crippen LogP contribution is -2.15. The van der Waals surface area contributed by atoms with Crippen molar-refractivity contribution in [3.05, 3.63) is 35.4 Å². The first kappa shape index (κ1) is 14.0. The van der Waals surface area contributed by atoms with E-state index in [-0.39, 0.29) is 12.0 Å². The Morgan fingerprint density at radius 3 is 2.70 bits per heavy atom. The highest BCUT2D eigenvalue weighted by molar-refractivity contribution is 5.35. The molecule has 0 bridgehead atoms. The van der Waals surface area contributed by atoms with Gasteiger partial charge in [0.2, 0.25) is 11.9 Å². The molecule has 1 aromatic carbocycles.